The summed E-state index contributed by atoms with van der Waals surface area (Å²) < 4.78 is 5.38. The van der Waals surface area contributed by atoms with Gasteiger partial charge in [0.05, 0.1) is 29.9 Å². The third kappa shape index (κ3) is 6.30. The van der Waals surface area contributed by atoms with Crippen LogP contribution in [0, 0.1) is 12.3 Å². The maximum atomic E-state index is 11.3. The van der Waals surface area contributed by atoms with Gasteiger partial charge in [-0.05, 0) is 87.9 Å². The van der Waals surface area contributed by atoms with Crippen LogP contribution in [0.3, 0.4) is 0 Å². The minimum Gasteiger partial charge on any atom is -0.497 e. The van der Waals surface area contributed by atoms with Crippen molar-refractivity contribution in [3.05, 3.63) is 64.8 Å². The number of hydrogen-bond donors (Lipinski definition) is 3. The molecule has 3 aromatic rings. The molecule has 1 aliphatic rings. The van der Waals surface area contributed by atoms with E-state index in [2.05, 4.69) is 41.5 Å². The molecule has 0 radical (unpaired) electrons. The van der Waals surface area contributed by atoms with Crippen LogP contribution in [0.1, 0.15) is 49.3 Å². The van der Waals surface area contributed by atoms with Crippen LogP contribution < -0.4 is 10.1 Å². The van der Waals surface area contributed by atoms with Crippen LogP contribution in [0.5, 0.6) is 5.75 Å². The van der Waals surface area contributed by atoms with Crippen molar-refractivity contribution < 1.29 is 14.9 Å². The topological polar surface area (TPSA) is 74.6 Å². The number of aryl methyl sites for hydroxylation is 1. The number of ether oxygens (including phenoxy) is 1. The van der Waals surface area contributed by atoms with Gasteiger partial charge >= 0.3 is 0 Å². The Morgan fingerprint density at radius 2 is 1.86 bits per heavy atom. The van der Waals surface area contributed by atoms with Crippen molar-refractivity contribution in [2.45, 2.75) is 56.1 Å². The number of piperidine rings is 1. The fourth-order valence-electron chi connectivity index (χ4n) is 5.11. The number of hydrogen-bond acceptors (Lipinski definition) is 6. The Hall–Kier alpha value is -1.83. The number of rotatable bonds is 10. The van der Waals surface area contributed by atoms with Gasteiger partial charge in [-0.25, -0.2) is 0 Å². The molecule has 0 amide bonds. The molecule has 1 aliphatic heterocycles. The first-order valence-electron chi connectivity index (χ1n) is 12.3. The Balaban J connectivity index is 1.46. The van der Waals surface area contributed by atoms with E-state index >= 15 is 0 Å². The zero-order chi connectivity index (χ0) is 24.8. The monoisotopic (exact) mass is 514 g/mol. The summed E-state index contributed by atoms with van der Waals surface area (Å²) in [6, 6.07) is 14.1. The lowest BCUT2D eigenvalue weighted by molar-refractivity contribution is -0.0165. The number of halogens is 1. The number of fused-ring (bicyclic) bond motifs is 1. The number of nitrogens with zero attached hydrogens (tertiary/aromatic N) is 1. The van der Waals surface area contributed by atoms with Crippen LogP contribution in [0.4, 0.5) is 0 Å². The highest BCUT2D eigenvalue weighted by atomic mass is 35.5. The molecule has 0 bridgehead atoms. The Morgan fingerprint density at radius 1 is 1.11 bits per heavy atom. The summed E-state index contributed by atoms with van der Waals surface area (Å²) in [6.07, 6.45) is 4.22. The van der Waals surface area contributed by atoms with E-state index in [4.69, 9.17) is 16.3 Å². The van der Waals surface area contributed by atoms with Gasteiger partial charge in [0.1, 0.15) is 5.75 Å². The number of thioether (sulfide) groups is 1. The molecule has 1 saturated heterocycles. The van der Waals surface area contributed by atoms with Gasteiger partial charge in [0.2, 0.25) is 0 Å². The van der Waals surface area contributed by atoms with E-state index < -0.39 is 12.2 Å². The van der Waals surface area contributed by atoms with E-state index in [9.17, 15) is 10.2 Å². The summed E-state index contributed by atoms with van der Waals surface area (Å²) in [5.74, 6) is 1.56. The van der Waals surface area contributed by atoms with Crippen molar-refractivity contribution in [1.29, 1.82) is 0 Å². The van der Waals surface area contributed by atoms with E-state index in [1.807, 2.05) is 18.2 Å². The van der Waals surface area contributed by atoms with Gasteiger partial charge in [-0.15, -0.1) is 11.8 Å². The van der Waals surface area contributed by atoms with E-state index in [1.54, 1.807) is 25.1 Å². The molecule has 35 heavy (non-hydrogen) atoms. The molecule has 0 unspecified atom stereocenters. The lowest BCUT2D eigenvalue weighted by atomic mass is 9.69. The summed E-state index contributed by atoms with van der Waals surface area (Å²) in [5.41, 5.74) is 2.49. The molecule has 1 fully saturated rings. The molecular formula is C28H35ClN2O3S. The van der Waals surface area contributed by atoms with Crippen LogP contribution in [-0.4, -0.2) is 47.3 Å². The fraction of sp³-hybridized carbons (Fsp3) is 0.464. The van der Waals surface area contributed by atoms with Gasteiger partial charge in [0, 0.05) is 27.8 Å². The first kappa shape index (κ1) is 26.2. The molecule has 188 valence electrons. The van der Waals surface area contributed by atoms with Crippen molar-refractivity contribution >= 4 is 34.3 Å². The first-order valence-corrected chi connectivity index (χ1v) is 13.7. The van der Waals surface area contributed by atoms with Gasteiger partial charge < -0.3 is 20.3 Å². The molecule has 5 nitrogen and oxygen atoms in total. The standard InChI is InChI=1S/C28H35ClN2O3S/c1-19-3-6-21(7-4-19)35-16-10-26(33)28(12-14-30-15-13-28)11-9-25(32)27-22-17-20(34-2)5-8-24(22)31-18-23(27)29/h3-8,17-18,25-26,30,32-33H,9-16H2,1-2H3/t25-,26+/m1/s1. The highest BCUT2D eigenvalue weighted by Gasteiger charge is 2.39. The molecule has 0 spiro atoms. The van der Waals surface area contributed by atoms with Gasteiger partial charge in [-0.3, -0.25) is 4.98 Å². The summed E-state index contributed by atoms with van der Waals surface area (Å²) in [7, 11) is 1.62. The number of pyridine rings is 1. The SMILES string of the molecule is COc1ccc2ncc(Cl)c([C@H](O)CCC3([C@@H](O)CCSc4ccc(C)cc4)CCNCC3)c2c1. The number of methoxy groups -OCH3 is 1. The van der Waals surface area contributed by atoms with Crippen LogP contribution in [0.2, 0.25) is 5.02 Å². The average molecular weight is 515 g/mol. The maximum absolute atomic E-state index is 11.3. The minimum atomic E-state index is -0.749. The highest BCUT2D eigenvalue weighted by molar-refractivity contribution is 7.99. The summed E-state index contributed by atoms with van der Waals surface area (Å²) in [6.45, 7) is 3.86. The maximum Gasteiger partial charge on any atom is 0.119 e. The number of aliphatic hydroxyl groups excluding tert-OH is 2. The molecule has 2 atom stereocenters. The molecule has 0 saturated carbocycles. The summed E-state index contributed by atoms with van der Waals surface area (Å²) >= 11 is 8.31. The smallest absolute Gasteiger partial charge is 0.119 e. The highest BCUT2D eigenvalue weighted by Crippen LogP contribution is 2.43. The normalized spacial score (nSPS) is 17.3. The summed E-state index contributed by atoms with van der Waals surface area (Å²) in [4.78, 5) is 5.63. The molecule has 2 aromatic carbocycles. The number of aliphatic hydroxyl groups is 2. The Labute approximate surface area is 217 Å². The quantitative estimate of drug-likeness (QED) is 0.291. The van der Waals surface area contributed by atoms with Crippen LogP contribution in [-0.2, 0) is 0 Å². The molecule has 0 aliphatic carbocycles. The lowest BCUT2D eigenvalue weighted by Gasteiger charge is -2.42. The van der Waals surface area contributed by atoms with Gasteiger partial charge in [0.15, 0.2) is 0 Å². The van der Waals surface area contributed by atoms with E-state index in [-0.39, 0.29) is 5.41 Å². The second kappa shape index (κ2) is 11.9. The summed E-state index contributed by atoms with van der Waals surface area (Å²) in [5, 5.41) is 27.3. The Bertz CT molecular complexity index is 1120. The van der Waals surface area contributed by atoms with Crippen LogP contribution >= 0.6 is 23.4 Å². The Kier molecular flexibility index (Phi) is 8.95. The largest absolute Gasteiger partial charge is 0.497 e. The molecule has 7 heteroatoms. The zero-order valence-corrected chi connectivity index (χ0v) is 22.0. The van der Waals surface area contributed by atoms with Gasteiger partial charge in [-0.2, -0.15) is 0 Å². The lowest BCUT2D eigenvalue weighted by Crippen LogP contribution is -2.45. The first-order chi connectivity index (χ1) is 16.9. The molecule has 4 rings (SSSR count). The van der Waals surface area contributed by atoms with Crippen LogP contribution in [0.15, 0.2) is 53.6 Å². The van der Waals surface area contributed by atoms with Gasteiger partial charge in [-0.1, -0.05) is 29.3 Å². The zero-order valence-electron chi connectivity index (χ0n) is 20.5. The molecule has 2 heterocycles. The van der Waals surface area contributed by atoms with Gasteiger partial charge in [0.25, 0.3) is 0 Å². The fourth-order valence-corrected chi connectivity index (χ4v) is 6.29. The third-order valence-electron chi connectivity index (χ3n) is 7.30. The molecule has 1 aromatic heterocycles. The number of nitrogens with one attached hydrogen (secondary N) is 1. The molecule has 3 N–H and O–H groups in total. The van der Waals surface area contributed by atoms with E-state index in [1.165, 1.54) is 10.5 Å². The number of benzene rings is 2. The average Bonchev–Trinajstić information content (AvgIpc) is 2.88. The molecular weight excluding hydrogens is 480 g/mol. The van der Waals surface area contributed by atoms with Crippen LogP contribution in [0.25, 0.3) is 10.9 Å². The van der Waals surface area contributed by atoms with Crippen molar-refractivity contribution in [2.75, 3.05) is 26.0 Å². The van der Waals surface area contributed by atoms with Crippen molar-refractivity contribution in [3.63, 3.8) is 0 Å². The second-order valence-electron chi connectivity index (χ2n) is 9.54. The Morgan fingerprint density at radius 3 is 2.57 bits per heavy atom. The van der Waals surface area contributed by atoms with Crippen molar-refractivity contribution in [2.24, 2.45) is 5.41 Å². The number of aromatic nitrogens is 1. The predicted molar refractivity (Wildman–Crippen MR) is 145 cm³/mol. The predicted octanol–water partition coefficient (Wildman–Crippen LogP) is 5.93. The van der Waals surface area contributed by atoms with E-state index in [0.29, 0.717) is 22.8 Å². The minimum absolute atomic E-state index is 0.215. The third-order valence-corrected chi connectivity index (χ3v) is 8.65. The van der Waals surface area contributed by atoms with E-state index in [0.717, 1.165) is 55.4 Å². The van der Waals surface area contributed by atoms with Crippen molar-refractivity contribution in [1.82, 2.24) is 10.3 Å². The second-order valence-corrected chi connectivity index (χ2v) is 11.1. The van der Waals surface area contributed by atoms with Crippen molar-refractivity contribution in [3.8, 4) is 5.75 Å².